The fourth-order valence-corrected chi connectivity index (χ4v) is 2.37. The molecule has 0 saturated heterocycles. The van der Waals surface area contributed by atoms with Crippen molar-refractivity contribution < 1.29 is 23.0 Å². The molecule has 0 aromatic heterocycles. The lowest BCUT2D eigenvalue weighted by Crippen LogP contribution is -2.13. The van der Waals surface area contributed by atoms with Crippen molar-refractivity contribution in [1.82, 2.24) is 5.32 Å². The summed E-state index contributed by atoms with van der Waals surface area (Å²) in [6.45, 7) is -1.13. The molecular weight excluding hydrogens is 316 g/mol. The molecule has 0 aliphatic heterocycles. The monoisotopic (exact) mass is 337 g/mol. The maximum Gasteiger partial charge on any atom is 0.387 e. The van der Waals surface area contributed by atoms with E-state index in [9.17, 15) is 8.78 Å². The van der Waals surface area contributed by atoms with Gasteiger partial charge in [0.05, 0.1) is 13.7 Å². The van der Waals surface area contributed by atoms with Gasteiger partial charge in [0.25, 0.3) is 0 Å². The van der Waals surface area contributed by atoms with Crippen molar-refractivity contribution in [1.29, 1.82) is 0 Å². The van der Waals surface area contributed by atoms with Crippen LogP contribution in [0.25, 0.3) is 0 Å². The Hall–Kier alpha value is -2.18. The van der Waals surface area contributed by atoms with Gasteiger partial charge in [-0.2, -0.15) is 8.78 Å². The zero-order valence-electron chi connectivity index (χ0n) is 13.7. The van der Waals surface area contributed by atoms with Crippen molar-refractivity contribution in [2.24, 2.45) is 0 Å². The smallest absolute Gasteiger partial charge is 0.387 e. The summed E-state index contributed by atoms with van der Waals surface area (Å²) < 4.78 is 39.5. The lowest BCUT2D eigenvalue weighted by Gasteiger charge is -2.12. The van der Waals surface area contributed by atoms with E-state index in [1.165, 1.54) is 7.11 Å². The van der Waals surface area contributed by atoms with Crippen molar-refractivity contribution >= 4 is 0 Å². The fourth-order valence-electron chi connectivity index (χ4n) is 2.37. The maximum atomic E-state index is 12.4. The Morgan fingerprint density at radius 2 is 1.62 bits per heavy atom. The summed E-state index contributed by atoms with van der Waals surface area (Å²) in [7, 11) is 3.08. The third-order valence-electron chi connectivity index (χ3n) is 3.40. The molecule has 24 heavy (non-hydrogen) atoms. The van der Waals surface area contributed by atoms with Gasteiger partial charge < -0.3 is 19.5 Å². The standard InChI is InChI=1S/C18H21F2NO3/c1-22-12-15-5-3-4-13(8-15)10-21-11-14-6-7-16(23-2)17(9-14)24-18(19)20/h3-9,18,21H,10-12H2,1-2H3. The molecule has 130 valence electrons. The molecule has 2 aromatic carbocycles. The molecule has 0 heterocycles. The highest BCUT2D eigenvalue weighted by Gasteiger charge is 2.11. The first-order chi connectivity index (χ1) is 11.6. The summed E-state index contributed by atoms with van der Waals surface area (Å²) in [5.74, 6) is 0.320. The van der Waals surface area contributed by atoms with Crippen LogP contribution in [0.2, 0.25) is 0 Å². The van der Waals surface area contributed by atoms with E-state index in [0.717, 1.165) is 16.7 Å². The van der Waals surface area contributed by atoms with Crippen LogP contribution in [-0.4, -0.2) is 20.8 Å². The first-order valence-corrected chi connectivity index (χ1v) is 7.51. The van der Waals surface area contributed by atoms with Crippen LogP contribution in [0.4, 0.5) is 8.78 Å². The molecule has 6 heteroatoms. The molecule has 0 bridgehead atoms. The SMILES string of the molecule is COCc1cccc(CNCc2ccc(OC)c(OC(F)F)c2)c1. The summed E-state index contributed by atoms with van der Waals surface area (Å²) in [5.41, 5.74) is 3.07. The Morgan fingerprint density at radius 3 is 2.29 bits per heavy atom. The first-order valence-electron chi connectivity index (χ1n) is 7.51. The van der Waals surface area contributed by atoms with Crippen LogP contribution < -0.4 is 14.8 Å². The molecule has 0 aliphatic rings. The minimum absolute atomic E-state index is 0.0360. The summed E-state index contributed by atoms with van der Waals surface area (Å²) in [4.78, 5) is 0. The van der Waals surface area contributed by atoms with Gasteiger partial charge in [-0.05, 0) is 28.8 Å². The number of hydrogen-bond donors (Lipinski definition) is 1. The molecule has 0 atom stereocenters. The first kappa shape index (κ1) is 18.2. The van der Waals surface area contributed by atoms with Crippen molar-refractivity contribution in [3.8, 4) is 11.5 Å². The van der Waals surface area contributed by atoms with Crippen LogP contribution >= 0.6 is 0 Å². The van der Waals surface area contributed by atoms with E-state index < -0.39 is 6.61 Å². The largest absolute Gasteiger partial charge is 0.493 e. The van der Waals surface area contributed by atoms with Gasteiger partial charge in [0.1, 0.15) is 0 Å². The van der Waals surface area contributed by atoms with Crippen molar-refractivity contribution in [3.05, 3.63) is 59.2 Å². The zero-order chi connectivity index (χ0) is 17.4. The number of methoxy groups -OCH3 is 2. The van der Waals surface area contributed by atoms with E-state index in [2.05, 4.69) is 16.1 Å². The Balaban J connectivity index is 1.95. The maximum absolute atomic E-state index is 12.4. The Morgan fingerprint density at radius 1 is 0.917 bits per heavy atom. The molecule has 0 fully saturated rings. The molecule has 2 rings (SSSR count). The van der Waals surface area contributed by atoms with E-state index in [4.69, 9.17) is 9.47 Å². The van der Waals surface area contributed by atoms with E-state index in [1.54, 1.807) is 19.2 Å². The number of benzene rings is 2. The third kappa shape index (κ3) is 5.47. The lowest BCUT2D eigenvalue weighted by atomic mass is 10.1. The van der Waals surface area contributed by atoms with Crippen LogP contribution in [0.3, 0.4) is 0 Å². The van der Waals surface area contributed by atoms with Gasteiger partial charge in [-0.25, -0.2) is 0 Å². The van der Waals surface area contributed by atoms with Gasteiger partial charge in [0.2, 0.25) is 0 Å². The Labute approximate surface area is 140 Å². The molecule has 2 aromatic rings. The Bertz CT molecular complexity index is 650. The number of nitrogens with one attached hydrogen (secondary N) is 1. The molecular formula is C18H21F2NO3. The van der Waals surface area contributed by atoms with Crippen molar-refractivity contribution in [2.75, 3.05) is 14.2 Å². The third-order valence-corrected chi connectivity index (χ3v) is 3.40. The minimum Gasteiger partial charge on any atom is -0.493 e. The van der Waals surface area contributed by atoms with E-state index in [-0.39, 0.29) is 11.5 Å². The van der Waals surface area contributed by atoms with Crippen LogP contribution in [0.5, 0.6) is 11.5 Å². The highest BCUT2D eigenvalue weighted by atomic mass is 19.3. The lowest BCUT2D eigenvalue weighted by molar-refractivity contribution is -0.0512. The van der Waals surface area contributed by atoms with Gasteiger partial charge in [-0.15, -0.1) is 0 Å². The topological polar surface area (TPSA) is 39.7 Å². The second-order valence-electron chi connectivity index (χ2n) is 5.22. The average molecular weight is 337 g/mol. The fraction of sp³-hybridized carbons (Fsp3) is 0.333. The number of ether oxygens (including phenoxy) is 3. The van der Waals surface area contributed by atoms with Gasteiger partial charge in [0.15, 0.2) is 11.5 Å². The van der Waals surface area contributed by atoms with E-state index in [1.807, 2.05) is 24.3 Å². The summed E-state index contributed by atoms with van der Waals surface area (Å²) in [5, 5.41) is 3.28. The predicted octanol–water partition coefficient (Wildman–Crippen LogP) is 3.73. The molecule has 0 radical (unpaired) electrons. The summed E-state index contributed by atoms with van der Waals surface area (Å²) >= 11 is 0. The normalized spacial score (nSPS) is 10.9. The van der Waals surface area contributed by atoms with Crippen LogP contribution in [-0.2, 0) is 24.4 Å². The molecule has 0 amide bonds. The van der Waals surface area contributed by atoms with Gasteiger partial charge in [-0.3, -0.25) is 0 Å². The molecule has 0 saturated carbocycles. The quantitative estimate of drug-likeness (QED) is 0.757. The summed E-state index contributed by atoms with van der Waals surface area (Å²) in [6.07, 6.45) is 0. The molecule has 0 unspecified atom stereocenters. The Kier molecular flexibility index (Phi) is 6.96. The van der Waals surface area contributed by atoms with Gasteiger partial charge in [0, 0.05) is 20.2 Å². The second kappa shape index (κ2) is 9.20. The molecule has 0 spiro atoms. The molecule has 0 aliphatic carbocycles. The highest BCUT2D eigenvalue weighted by molar-refractivity contribution is 5.43. The van der Waals surface area contributed by atoms with Gasteiger partial charge in [-0.1, -0.05) is 30.3 Å². The molecule has 4 nitrogen and oxygen atoms in total. The highest BCUT2D eigenvalue weighted by Crippen LogP contribution is 2.29. The van der Waals surface area contributed by atoms with Crippen molar-refractivity contribution in [3.63, 3.8) is 0 Å². The second-order valence-corrected chi connectivity index (χ2v) is 5.22. The van der Waals surface area contributed by atoms with E-state index >= 15 is 0 Å². The average Bonchev–Trinajstić information content (AvgIpc) is 2.55. The zero-order valence-corrected chi connectivity index (χ0v) is 13.7. The van der Waals surface area contributed by atoms with Gasteiger partial charge >= 0.3 is 6.61 Å². The number of rotatable bonds is 9. The number of alkyl halides is 2. The number of hydrogen-bond acceptors (Lipinski definition) is 4. The minimum atomic E-state index is -2.88. The van der Waals surface area contributed by atoms with Crippen LogP contribution in [0.15, 0.2) is 42.5 Å². The summed E-state index contributed by atoms with van der Waals surface area (Å²) in [6, 6.07) is 13.1. The van der Waals surface area contributed by atoms with Crippen molar-refractivity contribution in [2.45, 2.75) is 26.3 Å². The van der Waals surface area contributed by atoms with E-state index in [0.29, 0.717) is 19.7 Å². The van der Waals surface area contributed by atoms with Crippen LogP contribution in [0.1, 0.15) is 16.7 Å². The predicted molar refractivity (Wildman–Crippen MR) is 87.3 cm³/mol. The number of halogens is 2. The molecule has 1 N–H and O–H groups in total. The van der Waals surface area contributed by atoms with Crippen LogP contribution in [0, 0.1) is 0 Å².